The summed E-state index contributed by atoms with van der Waals surface area (Å²) in [5.41, 5.74) is 1.25. The maximum Gasteiger partial charge on any atom is 0.0512 e. The lowest BCUT2D eigenvalue weighted by Gasteiger charge is -2.32. The quantitative estimate of drug-likeness (QED) is 0.904. The van der Waals surface area contributed by atoms with Crippen molar-refractivity contribution in [1.29, 1.82) is 0 Å². The molecule has 2 aliphatic rings. The summed E-state index contributed by atoms with van der Waals surface area (Å²) in [6.45, 7) is 1.75. The number of nitrogens with one attached hydrogen (secondary N) is 1. The zero-order valence-electron chi connectivity index (χ0n) is 10.6. The smallest absolute Gasteiger partial charge is 0.0512 e. The van der Waals surface area contributed by atoms with Crippen LogP contribution >= 0.6 is 11.6 Å². The standard InChI is InChI=1S/C15H20ClNO/c16-14-4-2-1-3-11(14)9-12-10-18-8-7-15(12)17-13-5-6-13/h1-4,12-13,15,17H,5-10H2/t12-,15-/m0/s1. The predicted octanol–water partition coefficient (Wildman–Crippen LogP) is 3.04. The number of ether oxygens (including phenoxy) is 1. The highest BCUT2D eigenvalue weighted by atomic mass is 35.5. The summed E-state index contributed by atoms with van der Waals surface area (Å²) in [7, 11) is 0. The molecule has 1 aromatic carbocycles. The number of hydrogen-bond acceptors (Lipinski definition) is 2. The molecule has 1 aliphatic carbocycles. The van der Waals surface area contributed by atoms with Crippen molar-refractivity contribution in [3.05, 3.63) is 34.9 Å². The van der Waals surface area contributed by atoms with E-state index in [-0.39, 0.29) is 0 Å². The first kappa shape index (κ1) is 12.5. The monoisotopic (exact) mass is 265 g/mol. The average Bonchev–Trinajstić information content (AvgIpc) is 3.18. The Morgan fingerprint density at radius 3 is 2.83 bits per heavy atom. The summed E-state index contributed by atoms with van der Waals surface area (Å²) in [4.78, 5) is 0. The zero-order chi connectivity index (χ0) is 12.4. The molecule has 98 valence electrons. The fraction of sp³-hybridized carbons (Fsp3) is 0.600. The minimum absolute atomic E-state index is 0.555. The van der Waals surface area contributed by atoms with Gasteiger partial charge in [0, 0.05) is 29.6 Å². The van der Waals surface area contributed by atoms with Gasteiger partial charge in [-0.3, -0.25) is 0 Å². The van der Waals surface area contributed by atoms with Gasteiger partial charge in [0.1, 0.15) is 0 Å². The van der Waals surface area contributed by atoms with Gasteiger partial charge in [-0.15, -0.1) is 0 Å². The van der Waals surface area contributed by atoms with Crippen LogP contribution in [0.4, 0.5) is 0 Å². The van der Waals surface area contributed by atoms with Gasteiger partial charge >= 0.3 is 0 Å². The second kappa shape index (κ2) is 5.60. The lowest BCUT2D eigenvalue weighted by molar-refractivity contribution is 0.0316. The first-order valence-corrected chi connectivity index (χ1v) is 7.28. The summed E-state index contributed by atoms with van der Waals surface area (Å²) in [6.07, 6.45) is 4.84. The Kier molecular flexibility index (Phi) is 3.88. The third kappa shape index (κ3) is 3.05. The largest absolute Gasteiger partial charge is 0.381 e. The molecule has 3 rings (SSSR count). The van der Waals surface area contributed by atoms with Gasteiger partial charge in [-0.05, 0) is 37.3 Å². The summed E-state index contributed by atoms with van der Waals surface area (Å²) < 4.78 is 5.64. The molecule has 0 amide bonds. The Morgan fingerprint density at radius 1 is 1.22 bits per heavy atom. The highest BCUT2D eigenvalue weighted by molar-refractivity contribution is 6.31. The Bertz CT molecular complexity index is 405. The fourth-order valence-corrected chi connectivity index (χ4v) is 2.93. The van der Waals surface area contributed by atoms with Crippen molar-refractivity contribution in [2.75, 3.05) is 13.2 Å². The third-order valence-corrected chi connectivity index (χ3v) is 4.31. The summed E-state index contributed by atoms with van der Waals surface area (Å²) in [5.74, 6) is 0.555. The number of rotatable bonds is 4. The van der Waals surface area contributed by atoms with Gasteiger partial charge < -0.3 is 10.1 Å². The van der Waals surface area contributed by atoms with Crippen LogP contribution in [0.1, 0.15) is 24.8 Å². The zero-order valence-corrected chi connectivity index (χ0v) is 11.3. The maximum absolute atomic E-state index is 6.25. The molecule has 1 N–H and O–H groups in total. The van der Waals surface area contributed by atoms with E-state index in [2.05, 4.69) is 17.4 Å². The van der Waals surface area contributed by atoms with Crippen molar-refractivity contribution < 1.29 is 4.74 Å². The van der Waals surface area contributed by atoms with Crippen molar-refractivity contribution >= 4 is 11.6 Å². The fourth-order valence-electron chi connectivity index (χ4n) is 2.72. The van der Waals surface area contributed by atoms with Crippen LogP contribution < -0.4 is 5.32 Å². The van der Waals surface area contributed by atoms with Gasteiger partial charge in [-0.25, -0.2) is 0 Å². The maximum atomic E-state index is 6.25. The Morgan fingerprint density at radius 2 is 2.06 bits per heavy atom. The first-order chi connectivity index (χ1) is 8.83. The number of hydrogen-bond donors (Lipinski definition) is 1. The van der Waals surface area contributed by atoms with Crippen LogP contribution in [0.15, 0.2) is 24.3 Å². The van der Waals surface area contributed by atoms with E-state index in [4.69, 9.17) is 16.3 Å². The molecule has 2 atom stereocenters. The van der Waals surface area contributed by atoms with Gasteiger partial charge in [0.05, 0.1) is 6.61 Å². The Balaban J connectivity index is 1.66. The molecule has 0 unspecified atom stereocenters. The third-order valence-electron chi connectivity index (χ3n) is 3.94. The molecular formula is C15H20ClNO. The van der Waals surface area contributed by atoms with Crippen LogP contribution in [-0.4, -0.2) is 25.3 Å². The lowest BCUT2D eigenvalue weighted by atomic mass is 9.89. The van der Waals surface area contributed by atoms with Crippen molar-refractivity contribution in [3.63, 3.8) is 0 Å². The normalized spacial score (nSPS) is 28.3. The molecule has 0 radical (unpaired) electrons. The first-order valence-electron chi connectivity index (χ1n) is 6.90. The van der Waals surface area contributed by atoms with Gasteiger partial charge in [0.25, 0.3) is 0 Å². The molecule has 0 spiro atoms. The average molecular weight is 266 g/mol. The number of halogens is 1. The van der Waals surface area contributed by atoms with Crippen LogP contribution in [-0.2, 0) is 11.2 Å². The second-order valence-electron chi connectivity index (χ2n) is 5.47. The van der Waals surface area contributed by atoms with Gasteiger partial charge in [0.15, 0.2) is 0 Å². The lowest BCUT2D eigenvalue weighted by Crippen LogP contribution is -2.44. The van der Waals surface area contributed by atoms with Crippen molar-refractivity contribution in [2.24, 2.45) is 5.92 Å². The highest BCUT2D eigenvalue weighted by Crippen LogP contribution is 2.27. The molecule has 1 heterocycles. The second-order valence-corrected chi connectivity index (χ2v) is 5.87. The van der Waals surface area contributed by atoms with Gasteiger partial charge in [-0.2, -0.15) is 0 Å². The molecule has 0 bridgehead atoms. The molecule has 0 aromatic heterocycles. The molecule has 2 fully saturated rings. The van der Waals surface area contributed by atoms with E-state index in [1.54, 1.807) is 0 Å². The summed E-state index contributed by atoms with van der Waals surface area (Å²) in [6, 6.07) is 9.52. The van der Waals surface area contributed by atoms with E-state index in [0.29, 0.717) is 12.0 Å². The van der Waals surface area contributed by atoms with Gasteiger partial charge in [-0.1, -0.05) is 29.8 Å². The van der Waals surface area contributed by atoms with Crippen molar-refractivity contribution in [1.82, 2.24) is 5.32 Å². The van der Waals surface area contributed by atoms with Crippen LogP contribution in [0, 0.1) is 5.92 Å². The molecule has 1 aliphatic heterocycles. The van der Waals surface area contributed by atoms with Gasteiger partial charge in [0.2, 0.25) is 0 Å². The Labute approximate surface area is 114 Å². The molecule has 1 saturated heterocycles. The minimum atomic E-state index is 0.555. The van der Waals surface area contributed by atoms with Crippen LogP contribution in [0.2, 0.25) is 5.02 Å². The summed E-state index contributed by atoms with van der Waals surface area (Å²) >= 11 is 6.25. The molecule has 1 aromatic rings. The van der Waals surface area contributed by atoms with Crippen LogP contribution in [0.3, 0.4) is 0 Å². The van der Waals surface area contributed by atoms with Crippen LogP contribution in [0.25, 0.3) is 0 Å². The van der Waals surface area contributed by atoms with E-state index >= 15 is 0 Å². The van der Waals surface area contributed by atoms with Crippen LogP contribution in [0.5, 0.6) is 0 Å². The summed E-state index contributed by atoms with van der Waals surface area (Å²) in [5, 5.41) is 4.64. The van der Waals surface area contributed by atoms with Crippen molar-refractivity contribution in [2.45, 2.75) is 37.8 Å². The van der Waals surface area contributed by atoms with E-state index in [1.165, 1.54) is 18.4 Å². The minimum Gasteiger partial charge on any atom is -0.381 e. The predicted molar refractivity (Wildman–Crippen MR) is 74.0 cm³/mol. The number of benzene rings is 1. The SMILES string of the molecule is Clc1ccccc1C[C@H]1COCC[C@@H]1NC1CC1. The highest BCUT2D eigenvalue weighted by Gasteiger charge is 2.31. The van der Waals surface area contributed by atoms with E-state index in [9.17, 15) is 0 Å². The topological polar surface area (TPSA) is 21.3 Å². The van der Waals surface area contributed by atoms with E-state index in [0.717, 1.165) is 37.1 Å². The molecule has 1 saturated carbocycles. The van der Waals surface area contributed by atoms with Crippen molar-refractivity contribution in [3.8, 4) is 0 Å². The molecule has 3 heteroatoms. The van der Waals surface area contributed by atoms with E-state index < -0.39 is 0 Å². The molecule has 2 nitrogen and oxygen atoms in total. The van der Waals surface area contributed by atoms with E-state index in [1.807, 2.05) is 12.1 Å². The Hall–Kier alpha value is -0.570. The molecule has 18 heavy (non-hydrogen) atoms. The molecular weight excluding hydrogens is 246 g/mol.